The number of ether oxygens (including phenoxy) is 1. The molecule has 2 rings (SSSR count). The minimum absolute atomic E-state index is 0.178. The molecule has 2 aromatic rings. The Morgan fingerprint density at radius 3 is 2.82 bits per heavy atom. The van der Waals surface area contributed by atoms with E-state index < -0.39 is 6.03 Å². The molecule has 5 N–H and O–H groups in total. The molecule has 0 atom stereocenters. The van der Waals surface area contributed by atoms with Crippen LogP contribution in [0.1, 0.15) is 16.8 Å². The van der Waals surface area contributed by atoms with Crippen molar-refractivity contribution >= 4 is 11.7 Å². The molecule has 1 heterocycles. The van der Waals surface area contributed by atoms with Crippen molar-refractivity contribution in [3.63, 3.8) is 0 Å². The second-order valence-electron chi connectivity index (χ2n) is 4.66. The van der Waals surface area contributed by atoms with E-state index in [-0.39, 0.29) is 12.6 Å². The number of nitrogens with two attached hydrogens (primary N) is 2. The standard InChI is InChI=1S/C14H18N6O2/c1-9-4-3-5-12(20(16)14(21)19-15)11(9)8-22-13-17-7-6-10(2)18-13/h3-7H,8,15-16H2,1-2H3,(H,19,21). The molecule has 1 aromatic carbocycles. The number of rotatable bonds is 4. The fourth-order valence-corrected chi connectivity index (χ4v) is 1.91. The van der Waals surface area contributed by atoms with E-state index in [1.807, 2.05) is 25.3 Å². The lowest BCUT2D eigenvalue weighted by molar-refractivity contribution is 0.246. The van der Waals surface area contributed by atoms with Gasteiger partial charge < -0.3 is 4.74 Å². The summed E-state index contributed by atoms with van der Waals surface area (Å²) in [5.74, 6) is 10.9. The first-order valence-corrected chi connectivity index (χ1v) is 6.59. The van der Waals surface area contributed by atoms with Crippen LogP contribution in [0.25, 0.3) is 0 Å². The molecule has 0 spiro atoms. The highest BCUT2D eigenvalue weighted by Gasteiger charge is 2.16. The lowest BCUT2D eigenvalue weighted by Gasteiger charge is -2.20. The molecule has 0 aliphatic heterocycles. The summed E-state index contributed by atoms with van der Waals surface area (Å²) in [4.78, 5) is 19.8. The first-order chi connectivity index (χ1) is 10.5. The first kappa shape index (κ1) is 15.7. The van der Waals surface area contributed by atoms with E-state index in [0.717, 1.165) is 21.8 Å². The van der Waals surface area contributed by atoms with Crippen molar-refractivity contribution < 1.29 is 9.53 Å². The van der Waals surface area contributed by atoms with Crippen molar-refractivity contribution in [2.24, 2.45) is 11.7 Å². The molecule has 0 saturated heterocycles. The molecule has 2 amide bonds. The topological polar surface area (TPSA) is 119 Å². The molecule has 8 heteroatoms. The Kier molecular flexibility index (Phi) is 4.87. The number of nitrogens with zero attached hydrogens (tertiary/aromatic N) is 3. The quantitative estimate of drug-likeness (QED) is 0.439. The zero-order valence-corrected chi connectivity index (χ0v) is 12.4. The van der Waals surface area contributed by atoms with Gasteiger partial charge >= 0.3 is 12.0 Å². The molecule has 1 aromatic heterocycles. The summed E-state index contributed by atoms with van der Waals surface area (Å²) in [5.41, 5.74) is 4.96. The maximum Gasteiger partial charge on any atom is 0.350 e. The number of aromatic nitrogens is 2. The number of urea groups is 1. The predicted octanol–water partition coefficient (Wildman–Crippen LogP) is 0.936. The van der Waals surface area contributed by atoms with Gasteiger partial charge in [-0.2, -0.15) is 0 Å². The zero-order valence-electron chi connectivity index (χ0n) is 12.4. The van der Waals surface area contributed by atoms with Crippen LogP contribution in [0, 0.1) is 13.8 Å². The number of carbonyl (C=O) groups excluding carboxylic acids is 1. The smallest absolute Gasteiger partial charge is 0.350 e. The Morgan fingerprint density at radius 2 is 2.14 bits per heavy atom. The van der Waals surface area contributed by atoms with Gasteiger partial charge in [0.05, 0.1) is 5.69 Å². The van der Waals surface area contributed by atoms with Crippen LogP contribution >= 0.6 is 0 Å². The summed E-state index contributed by atoms with van der Waals surface area (Å²) in [7, 11) is 0. The number of carbonyl (C=O) groups is 1. The average molecular weight is 302 g/mol. The molecular weight excluding hydrogens is 284 g/mol. The van der Waals surface area contributed by atoms with Crippen LogP contribution in [0.5, 0.6) is 6.01 Å². The molecule has 0 unspecified atom stereocenters. The van der Waals surface area contributed by atoms with Crippen LogP contribution < -0.4 is 26.9 Å². The molecule has 22 heavy (non-hydrogen) atoms. The number of anilines is 1. The molecule has 0 aliphatic carbocycles. The zero-order chi connectivity index (χ0) is 16.1. The van der Waals surface area contributed by atoms with Crippen LogP contribution in [-0.4, -0.2) is 16.0 Å². The lowest BCUT2D eigenvalue weighted by atomic mass is 10.1. The fraction of sp³-hybridized carbons (Fsp3) is 0.214. The van der Waals surface area contributed by atoms with Gasteiger partial charge in [-0.25, -0.2) is 31.5 Å². The van der Waals surface area contributed by atoms with Crippen LogP contribution in [-0.2, 0) is 6.61 Å². The van der Waals surface area contributed by atoms with Gasteiger partial charge in [0.15, 0.2) is 0 Å². The third-order valence-electron chi connectivity index (χ3n) is 3.11. The van der Waals surface area contributed by atoms with E-state index in [4.69, 9.17) is 16.4 Å². The van der Waals surface area contributed by atoms with Crippen LogP contribution in [0.2, 0.25) is 0 Å². The Morgan fingerprint density at radius 1 is 1.36 bits per heavy atom. The molecule has 0 aliphatic rings. The first-order valence-electron chi connectivity index (χ1n) is 6.59. The van der Waals surface area contributed by atoms with Gasteiger partial charge in [-0.1, -0.05) is 12.1 Å². The van der Waals surface area contributed by atoms with E-state index in [9.17, 15) is 4.79 Å². The minimum Gasteiger partial charge on any atom is -0.458 e. The molecule has 0 bridgehead atoms. The number of hydrogen-bond donors (Lipinski definition) is 3. The summed E-state index contributed by atoms with van der Waals surface area (Å²) in [5, 5.41) is 0.933. The normalized spacial score (nSPS) is 10.2. The number of aryl methyl sites for hydroxylation is 2. The van der Waals surface area contributed by atoms with Crippen LogP contribution in [0.3, 0.4) is 0 Å². The Labute approximate surface area is 128 Å². The van der Waals surface area contributed by atoms with Gasteiger partial charge in [0.2, 0.25) is 0 Å². The number of hydrogen-bond acceptors (Lipinski definition) is 6. The Bertz CT molecular complexity index is 676. The van der Waals surface area contributed by atoms with Crippen molar-refractivity contribution in [3.8, 4) is 6.01 Å². The lowest BCUT2D eigenvalue weighted by Crippen LogP contribution is -2.48. The van der Waals surface area contributed by atoms with Crippen molar-refractivity contribution in [1.82, 2.24) is 15.4 Å². The van der Waals surface area contributed by atoms with Crippen molar-refractivity contribution in [3.05, 3.63) is 47.3 Å². The number of hydrazine groups is 2. The highest BCUT2D eigenvalue weighted by Crippen LogP contribution is 2.23. The van der Waals surface area contributed by atoms with Crippen molar-refractivity contribution in [1.29, 1.82) is 0 Å². The monoisotopic (exact) mass is 302 g/mol. The minimum atomic E-state index is -0.626. The van der Waals surface area contributed by atoms with Crippen LogP contribution in [0.4, 0.5) is 10.5 Å². The third-order valence-corrected chi connectivity index (χ3v) is 3.11. The number of benzene rings is 1. The van der Waals surface area contributed by atoms with E-state index in [2.05, 4.69) is 9.97 Å². The fourth-order valence-electron chi connectivity index (χ4n) is 1.91. The third kappa shape index (κ3) is 3.48. The SMILES string of the molecule is Cc1ccnc(OCc2c(C)cccc2N(N)C(=O)NN)n1. The van der Waals surface area contributed by atoms with E-state index in [0.29, 0.717) is 5.69 Å². The maximum atomic E-state index is 11.6. The van der Waals surface area contributed by atoms with E-state index in [1.54, 1.807) is 24.4 Å². The largest absolute Gasteiger partial charge is 0.458 e. The summed E-state index contributed by atoms with van der Waals surface area (Å²) in [6, 6.07) is 6.81. The summed E-state index contributed by atoms with van der Waals surface area (Å²) < 4.78 is 5.59. The van der Waals surface area contributed by atoms with Crippen LogP contribution in [0.15, 0.2) is 30.5 Å². The molecular formula is C14H18N6O2. The Hall–Kier alpha value is -2.71. The van der Waals surface area contributed by atoms with Crippen molar-refractivity contribution in [2.75, 3.05) is 5.01 Å². The van der Waals surface area contributed by atoms with Gasteiger partial charge in [-0.05, 0) is 31.5 Å². The highest BCUT2D eigenvalue weighted by atomic mass is 16.5. The molecule has 0 fully saturated rings. The molecule has 0 radical (unpaired) electrons. The van der Waals surface area contributed by atoms with Gasteiger partial charge in [0, 0.05) is 17.5 Å². The molecule has 116 valence electrons. The predicted molar refractivity (Wildman–Crippen MR) is 81.7 cm³/mol. The second kappa shape index (κ2) is 6.83. The van der Waals surface area contributed by atoms with E-state index in [1.165, 1.54) is 0 Å². The van der Waals surface area contributed by atoms with E-state index >= 15 is 0 Å². The number of amides is 2. The van der Waals surface area contributed by atoms with Gasteiger partial charge in [0.1, 0.15) is 6.61 Å². The molecule has 0 saturated carbocycles. The highest BCUT2D eigenvalue weighted by molar-refractivity contribution is 5.91. The second-order valence-corrected chi connectivity index (χ2v) is 4.66. The van der Waals surface area contributed by atoms with Gasteiger partial charge in [-0.3, -0.25) is 5.43 Å². The summed E-state index contributed by atoms with van der Waals surface area (Å²) >= 11 is 0. The molecule has 8 nitrogen and oxygen atoms in total. The summed E-state index contributed by atoms with van der Waals surface area (Å²) in [6.07, 6.45) is 1.62. The Balaban J connectivity index is 2.24. The summed E-state index contributed by atoms with van der Waals surface area (Å²) in [6.45, 7) is 3.92. The average Bonchev–Trinajstić information content (AvgIpc) is 2.52. The maximum absolute atomic E-state index is 11.6. The van der Waals surface area contributed by atoms with Gasteiger partial charge in [0.25, 0.3) is 0 Å². The van der Waals surface area contributed by atoms with Crippen molar-refractivity contribution in [2.45, 2.75) is 20.5 Å². The van der Waals surface area contributed by atoms with Gasteiger partial charge in [-0.15, -0.1) is 0 Å². The number of nitrogens with one attached hydrogen (secondary N) is 1.